The Morgan fingerprint density at radius 3 is 2.14 bits per heavy atom. The van der Waals surface area contributed by atoms with Crippen molar-refractivity contribution in [3.63, 3.8) is 0 Å². The Morgan fingerprint density at radius 1 is 0.841 bits per heavy atom. The molecule has 3 aliphatic heterocycles. The van der Waals surface area contributed by atoms with Crippen LogP contribution in [-0.4, -0.2) is 71.7 Å². The molecule has 0 radical (unpaired) electrons. The number of carbonyl (C=O) groups is 2. The van der Waals surface area contributed by atoms with E-state index in [1.54, 1.807) is 0 Å². The summed E-state index contributed by atoms with van der Waals surface area (Å²) in [5.74, 6) is -1.18. The smallest absolute Gasteiger partial charge is 0.303 e. The number of rotatable bonds is 14. The van der Waals surface area contributed by atoms with Gasteiger partial charge in [0.25, 0.3) is 0 Å². The average molecular weight is 611 g/mol. The molecule has 2 aromatic rings. The second-order valence-corrected chi connectivity index (χ2v) is 12.1. The van der Waals surface area contributed by atoms with E-state index in [0.29, 0.717) is 32.6 Å². The van der Waals surface area contributed by atoms with Crippen molar-refractivity contribution >= 4 is 11.9 Å². The van der Waals surface area contributed by atoms with Crippen molar-refractivity contribution in [1.82, 2.24) is 10.2 Å². The molecule has 0 bridgehead atoms. The van der Waals surface area contributed by atoms with E-state index in [1.165, 1.54) is 0 Å². The lowest BCUT2D eigenvalue weighted by Crippen LogP contribution is -2.48. The van der Waals surface area contributed by atoms with Gasteiger partial charge in [0.1, 0.15) is 0 Å². The summed E-state index contributed by atoms with van der Waals surface area (Å²) in [6.07, 6.45) is 5.45. The molecular formula is C34H46N2O8. The van der Waals surface area contributed by atoms with Crippen LogP contribution in [-0.2, 0) is 41.7 Å². The number of hydrogen-bond donors (Lipinski definition) is 3. The minimum absolute atomic E-state index is 0.00107. The molecule has 3 aliphatic rings. The van der Waals surface area contributed by atoms with Crippen molar-refractivity contribution in [3.05, 3.63) is 70.8 Å². The standard InChI is InChI=1S/C34H46N2O8/c37-24-26-9-11-27(12-10-26)30-21-29(23-36-17-15-34(16-18-36)41-19-20-42-34)43-33(44-30)28-13-7-25(8-14-28)22-35-31(38)5-3-1-2-4-6-32(39)40/h7-14,29-30,33,37H,1-6,15-24H2,(H,35,38)(H,39,40)/t29-,30+,33+/m0/s1. The van der Waals surface area contributed by atoms with Gasteiger partial charge in [-0.1, -0.05) is 61.4 Å². The summed E-state index contributed by atoms with van der Waals surface area (Å²) in [6, 6.07) is 15.9. The molecule has 0 unspecified atom stereocenters. The number of hydrogen-bond acceptors (Lipinski definition) is 8. The van der Waals surface area contributed by atoms with Crippen LogP contribution in [0.15, 0.2) is 48.5 Å². The van der Waals surface area contributed by atoms with Crippen molar-refractivity contribution < 1.29 is 38.7 Å². The number of ether oxygens (including phenoxy) is 4. The van der Waals surface area contributed by atoms with Crippen molar-refractivity contribution in [2.45, 2.75) is 95.2 Å². The van der Waals surface area contributed by atoms with Gasteiger partial charge in [0.05, 0.1) is 32.0 Å². The molecule has 2 aromatic carbocycles. The molecule has 240 valence electrons. The number of piperidine rings is 1. The molecule has 10 heteroatoms. The van der Waals surface area contributed by atoms with Gasteiger partial charge >= 0.3 is 5.97 Å². The molecule has 0 aliphatic carbocycles. The number of nitrogens with one attached hydrogen (secondary N) is 1. The lowest BCUT2D eigenvalue weighted by atomic mass is 9.98. The van der Waals surface area contributed by atoms with Crippen molar-refractivity contribution in [3.8, 4) is 0 Å². The third-order valence-electron chi connectivity index (χ3n) is 8.79. The number of amides is 1. The van der Waals surface area contributed by atoms with Gasteiger partial charge in [0, 0.05) is 63.8 Å². The number of aliphatic hydroxyl groups is 1. The number of carboxylic acids is 1. The molecule has 3 heterocycles. The van der Waals surface area contributed by atoms with Crippen LogP contribution in [0, 0.1) is 0 Å². The third-order valence-corrected chi connectivity index (χ3v) is 8.79. The first kappa shape index (κ1) is 32.5. The van der Waals surface area contributed by atoms with Crippen LogP contribution in [0.4, 0.5) is 0 Å². The Labute approximate surface area is 259 Å². The molecule has 3 saturated heterocycles. The molecule has 1 spiro atoms. The van der Waals surface area contributed by atoms with Crippen LogP contribution in [0.3, 0.4) is 0 Å². The fraction of sp³-hybridized carbons (Fsp3) is 0.588. The van der Waals surface area contributed by atoms with E-state index in [4.69, 9.17) is 24.1 Å². The Hall–Kier alpha value is -2.86. The molecule has 1 amide bonds. The van der Waals surface area contributed by atoms with Gasteiger partial charge in [-0.3, -0.25) is 9.59 Å². The predicted molar refractivity (Wildman–Crippen MR) is 162 cm³/mol. The molecule has 3 fully saturated rings. The average Bonchev–Trinajstić information content (AvgIpc) is 3.51. The van der Waals surface area contributed by atoms with Crippen LogP contribution in [0.25, 0.3) is 0 Å². The zero-order valence-corrected chi connectivity index (χ0v) is 25.5. The minimum atomic E-state index is -0.773. The normalized spacial score (nSPS) is 23.5. The maximum atomic E-state index is 12.3. The third kappa shape index (κ3) is 9.32. The number of aliphatic carboxylic acids is 1. The van der Waals surface area contributed by atoms with Crippen LogP contribution in [0.5, 0.6) is 0 Å². The van der Waals surface area contributed by atoms with Crippen molar-refractivity contribution in [2.24, 2.45) is 0 Å². The lowest BCUT2D eigenvalue weighted by Gasteiger charge is -2.41. The molecule has 3 N–H and O–H groups in total. The van der Waals surface area contributed by atoms with Gasteiger partial charge in [0.15, 0.2) is 12.1 Å². The molecule has 44 heavy (non-hydrogen) atoms. The lowest BCUT2D eigenvalue weighted by molar-refractivity contribution is -0.255. The Kier molecular flexibility index (Phi) is 11.8. The highest BCUT2D eigenvalue weighted by Gasteiger charge is 2.41. The summed E-state index contributed by atoms with van der Waals surface area (Å²) >= 11 is 0. The van der Waals surface area contributed by atoms with Gasteiger partial charge in [-0.2, -0.15) is 0 Å². The highest BCUT2D eigenvalue weighted by Crippen LogP contribution is 2.39. The molecule has 10 nitrogen and oxygen atoms in total. The molecule has 0 saturated carbocycles. The van der Waals surface area contributed by atoms with Gasteiger partial charge < -0.3 is 39.4 Å². The summed E-state index contributed by atoms with van der Waals surface area (Å²) in [7, 11) is 0. The largest absolute Gasteiger partial charge is 0.481 e. The molecular weight excluding hydrogens is 564 g/mol. The van der Waals surface area contributed by atoms with Crippen molar-refractivity contribution in [2.75, 3.05) is 32.8 Å². The summed E-state index contributed by atoms with van der Waals surface area (Å²) in [4.78, 5) is 25.3. The predicted octanol–water partition coefficient (Wildman–Crippen LogP) is 4.60. The SMILES string of the molecule is O=C(O)CCCCCCC(=O)NCc1ccc([C@@H]2O[C@H](CN3CCC4(CC3)OCCO4)C[C@H](c3ccc(CO)cc3)O2)cc1. The van der Waals surface area contributed by atoms with Gasteiger partial charge in [-0.25, -0.2) is 0 Å². The zero-order chi connectivity index (χ0) is 30.8. The Morgan fingerprint density at radius 2 is 1.48 bits per heavy atom. The highest BCUT2D eigenvalue weighted by atomic mass is 16.7. The summed E-state index contributed by atoms with van der Waals surface area (Å²) in [6.45, 7) is 4.38. The van der Waals surface area contributed by atoms with Crippen LogP contribution in [0.1, 0.15) is 92.4 Å². The molecule has 0 aromatic heterocycles. The first-order valence-corrected chi connectivity index (χ1v) is 16.0. The number of carbonyl (C=O) groups excluding carboxylic acids is 1. The van der Waals surface area contributed by atoms with E-state index in [2.05, 4.69) is 10.2 Å². The zero-order valence-electron chi connectivity index (χ0n) is 25.5. The van der Waals surface area contributed by atoms with Crippen LogP contribution >= 0.6 is 0 Å². The number of carboxylic acid groups (broad SMARTS) is 1. The van der Waals surface area contributed by atoms with Crippen molar-refractivity contribution in [1.29, 1.82) is 0 Å². The second kappa shape index (κ2) is 15.9. The summed E-state index contributed by atoms with van der Waals surface area (Å²) < 4.78 is 24.9. The topological polar surface area (TPSA) is 127 Å². The van der Waals surface area contributed by atoms with E-state index in [1.807, 2.05) is 48.5 Å². The van der Waals surface area contributed by atoms with Crippen LogP contribution < -0.4 is 5.32 Å². The van der Waals surface area contributed by atoms with E-state index in [-0.39, 0.29) is 31.1 Å². The fourth-order valence-electron chi connectivity index (χ4n) is 6.18. The van der Waals surface area contributed by atoms with E-state index in [9.17, 15) is 14.7 Å². The molecule has 5 rings (SSSR count). The fourth-order valence-corrected chi connectivity index (χ4v) is 6.18. The first-order valence-electron chi connectivity index (χ1n) is 16.0. The quantitative estimate of drug-likeness (QED) is 0.263. The summed E-state index contributed by atoms with van der Waals surface area (Å²) in [5.41, 5.74) is 3.84. The number of likely N-dealkylation sites (tertiary alicyclic amines) is 1. The van der Waals surface area contributed by atoms with E-state index in [0.717, 1.165) is 80.4 Å². The first-order chi connectivity index (χ1) is 21.4. The number of benzene rings is 2. The maximum Gasteiger partial charge on any atom is 0.303 e. The summed E-state index contributed by atoms with van der Waals surface area (Å²) in [5, 5.41) is 21.2. The maximum absolute atomic E-state index is 12.3. The Balaban J connectivity index is 1.15. The monoisotopic (exact) mass is 610 g/mol. The van der Waals surface area contributed by atoms with Crippen LogP contribution in [0.2, 0.25) is 0 Å². The van der Waals surface area contributed by atoms with Gasteiger partial charge in [-0.05, 0) is 29.5 Å². The number of nitrogens with zero attached hydrogens (tertiary/aromatic N) is 1. The number of aliphatic hydroxyl groups excluding tert-OH is 1. The Bertz CT molecular complexity index is 1190. The minimum Gasteiger partial charge on any atom is -0.481 e. The van der Waals surface area contributed by atoms with Gasteiger partial charge in [0.2, 0.25) is 5.91 Å². The number of unbranched alkanes of at least 4 members (excludes halogenated alkanes) is 3. The second-order valence-electron chi connectivity index (χ2n) is 12.1. The van der Waals surface area contributed by atoms with E-state index < -0.39 is 18.0 Å². The van der Waals surface area contributed by atoms with Gasteiger partial charge in [-0.15, -0.1) is 0 Å². The molecule has 3 atom stereocenters. The highest BCUT2D eigenvalue weighted by molar-refractivity contribution is 5.75. The van der Waals surface area contributed by atoms with E-state index >= 15 is 0 Å².